The van der Waals surface area contributed by atoms with Gasteiger partial charge in [0.05, 0.1) is 6.10 Å². The van der Waals surface area contributed by atoms with Crippen LogP contribution in [-0.4, -0.2) is 48.8 Å². The fraction of sp³-hybridized carbons (Fsp3) is 1.00. The first-order chi connectivity index (χ1) is 8.42. The Kier molecular flexibility index (Phi) is 6.61. The van der Waals surface area contributed by atoms with Crippen LogP contribution in [0, 0.1) is 0 Å². The molecule has 108 valence electrons. The maximum absolute atomic E-state index is 5.76. The molecule has 0 saturated carbocycles. The van der Waals surface area contributed by atoms with E-state index in [9.17, 15) is 0 Å². The Labute approximate surface area is 113 Å². The predicted molar refractivity (Wildman–Crippen MR) is 78.1 cm³/mol. The van der Waals surface area contributed by atoms with Gasteiger partial charge in [-0.3, -0.25) is 4.90 Å². The second-order valence-electron chi connectivity index (χ2n) is 6.53. The first kappa shape index (κ1) is 15.9. The summed E-state index contributed by atoms with van der Waals surface area (Å²) in [6.07, 6.45) is 4.19. The van der Waals surface area contributed by atoms with Crippen LogP contribution in [0.15, 0.2) is 0 Å². The van der Waals surface area contributed by atoms with E-state index >= 15 is 0 Å². The molecule has 3 nitrogen and oxygen atoms in total. The average Bonchev–Trinajstić information content (AvgIpc) is 2.28. The zero-order chi connectivity index (χ0) is 13.6. The quantitative estimate of drug-likeness (QED) is 0.791. The molecule has 0 aliphatic carbocycles. The molecule has 3 heteroatoms. The average molecular weight is 256 g/mol. The third kappa shape index (κ3) is 6.17. The summed E-state index contributed by atoms with van der Waals surface area (Å²) < 4.78 is 5.76. The molecular formula is C15H32N2O. The number of nitrogens with zero attached hydrogens (tertiary/aromatic N) is 1. The summed E-state index contributed by atoms with van der Waals surface area (Å²) in [6, 6.07) is 0.656. The lowest BCUT2D eigenvalue weighted by atomic mass is 10.0. The van der Waals surface area contributed by atoms with Crippen LogP contribution < -0.4 is 5.32 Å². The van der Waals surface area contributed by atoms with E-state index < -0.39 is 0 Å². The molecule has 1 rings (SSSR count). The molecule has 1 aliphatic rings. The molecule has 0 bridgehead atoms. The lowest BCUT2D eigenvalue weighted by Gasteiger charge is -2.37. The zero-order valence-electron chi connectivity index (χ0n) is 13.0. The Balaban J connectivity index is 2.26. The van der Waals surface area contributed by atoms with Gasteiger partial charge >= 0.3 is 0 Å². The molecule has 0 aromatic carbocycles. The van der Waals surface area contributed by atoms with Crippen molar-refractivity contribution >= 4 is 0 Å². The van der Waals surface area contributed by atoms with E-state index in [0.29, 0.717) is 12.1 Å². The van der Waals surface area contributed by atoms with Crippen LogP contribution in [-0.2, 0) is 4.74 Å². The minimum atomic E-state index is 0.232. The molecule has 1 N–H and O–H groups in total. The molecule has 0 spiro atoms. The lowest BCUT2D eigenvalue weighted by Crippen LogP contribution is -2.46. The fourth-order valence-electron chi connectivity index (χ4n) is 2.58. The zero-order valence-corrected chi connectivity index (χ0v) is 13.0. The molecular weight excluding hydrogens is 224 g/mol. The minimum Gasteiger partial charge on any atom is -0.377 e. The largest absolute Gasteiger partial charge is 0.377 e. The van der Waals surface area contributed by atoms with Crippen LogP contribution in [0.3, 0.4) is 0 Å². The number of rotatable bonds is 6. The summed E-state index contributed by atoms with van der Waals surface area (Å²) in [5.41, 5.74) is 0.232. The van der Waals surface area contributed by atoms with E-state index in [1.165, 1.54) is 25.8 Å². The number of hydrogen-bond acceptors (Lipinski definition) is 3. The SMILES string of the molecule is CCOC1CCCN(C(C)CCNC(C)(C)C)C1. The highest BCUT2D eigenvalue weighted by atomic mass is 16.5. The minimum absolute atomic E-state index is 0.232. The van der Waals surface area contributed by atoms with Crippen molar-refractivity contribution in [1.82, 2.24) is 10.2 Å². The Hall–Kier alpha value is -0.120. The Morgan fingerprint density at radius 1 is 1.39 bits per heavy atom. The number of ether oxygens (including phenoxy) is 1. The van der Waals surface area contributed by atoms with Crippen molar-refractivity contribution in [2.24, 2.45) is 0 Å². The standard InChI is InChI=1S/C15H32N2O/c1-6-18-14-8-7-11-17(12-14)13(2)9-10-16-15(3,4)5/h13-14,16H,6-12H2,1-5H3. The third-order valence-corrected chi connectivity index (χ3v) is 3.65. The van der Waals surface area contributed by atoms with E-state index in [0.717, 1.165) is 19.7 Å². The van der Waals surface area contributed by atoms with Gasteiger partial charge in [0.1, 0.15) is 0 Å². The molecule has 0 aromatic rings. The van der Waals surface area contributed by atoms with E-state index in [-0.39, 0.29) is 5.54 Å². The number of piperidine rings is 1. The van der Waals surface area contributed by atoms with Gasteiger partial charge in [0.15, 0.2) is 0 Å². The van der Waals surface area contributed by atoms with Gasteiger partial charge in [0, 0.05) is 24.7 Å². The Morgan fingerprint density at radius 3 is 2.72 bits per heavy atom. The van der Waals surface area contributed by atoms with E-state index in [1.54, 1.807) is 0 Å². The second kappa shape index (κ2) is 7.46. The van der Waals surface area contributed by atoms with Crippen molar-refractivity contribution in [2.75, 3.05) is 26.2 Å². The third-order valence-electron chi connectivity index (χ3n) is 3.65. The molecule has 0 aromatic heterocycles. The van der Waals surface area contributed by atoms with Crippen LogP contribution >= 0.6 is 0 Å². The van der Waals surface area contributed by atoms with Crippen molar-refractivity contribution in [1.29, 1.82) is 0 Å². The van der Waals surface area contributed by atoms with E-state index in [4.69, 9.17) is 4.74 Å². The van der Waals surface area contributed by atoms with Gasteiger partial charge in [-0.05, 0) is 67.0 Å². The molecule has 2 atom stereocenters. The van der Waals surface area contributed by atoms with Gasteiger partial charge < -0.3 is 10.1 Å². The van der Waals surface area contributed by atoms with Crippen molar-refractivity contribution in [3.05, 3.63) is 0 Å². The topological polar surface area (TPSA) is 24.5 Å². The van der Waals surface area contributed by atoms with Crippen LogP contribution in [0.25, 0.3) is 0 Å². The molecule has 0 amide bonds. The summed E-state index contributed by atoms with van der Waals surface area (Å²) in [7, 11) is 0. The summed E-state index contributed by atoms with van der Waals surface area (Å²) in [5.74, 6) is 0. The number of likely N-dealkylation sites (tertiary alicyclic amines) is 1. The van der Waals surface area contributed by atoms with E-state index in [1.807, 2.05) is 0 Å². The molecule has 1 fully saturated rings. The normalized spacial score (nSPS) is 24.2. The van der Waals surface area contributed by atoms with Crippen molar-refractivity contribution in [2.45, 2.75) is 71.6 Å². The smallest absolute Gasteiger partial charge is 0.0702 e. The highest BCUT2D eigenvalue weighted by molar-refractivity contribution is 4.79. The lowest BCUT2D eigenvalue weighted by molar-refractivity contribution is -0.00609. The maximum atomic E-state index is 5.76. The second-order valence-corrected chi connectivity index (χ2v) is 6.53. The van der Waals surface area contributed by atoms with Crippen molar-refractivity contribution in [3.8, 4) is 0 Å². The van der Waals surface area contributed by atoms with Crippen LogP contribution in [0.5, 0.6) is 0 Å². The van der Waals surface area contributed by atoms with E-state index in [2.05, 4.69) is 44.8 Å². The number of hydrogen-bond donors (Lipinski definition) is 1. The van der Waals surface area contributed by atoms with Gasteiger partial charge in [-0.15, -0.1) is 0 Å². The Bertz CT molecular complexity index is 223. The van der Waals surface area contributed by atoms with Crippen molar-refractivity contribution in [3.63, 3.8) is 0 Å². The van der Waals surface area contributed by atoms with Crippen LogP contribution in [0.2, 0.25) is 0 Å². The van der Waals surface area contributed by atoms with Crippen molar-refractivity contribution < 1.29 is 4.74 Å². The van der Waals surface area contributed by atoms with Gasteiger partial charge in [-0.2, -0.15) is 0 Å². The molecule has 1 aliphatic heterocycles. The van der Waals surface area contributed by atoms with Crippen LogP contribution in [0.1, 0.15) is 53.9 Å². The molecule has 2 unspecified atom stereocenters. The highest BCUT2D eigenvalue weighted by Crippen LogP contribution is 2.17. The highest BCUT2D eigenvalue weighted by Gasteiger charge is 2.23. The molecule has 1 saturated heterocycles. The van der Waals surface area contributed by atoms with Gasteiger partial charge in [0.25, 0.3) is 0 Å². The van der Waals surface area contributed by atoms with Gasteiger partial charge in [-0.1, -0.05) is 0 Å². The molecule has 1 heterocycles. The summed E-state index contributed by atoms with van der Waals surface area (Å²) >= 11 is 0. The Morgan fingerprint density at radius 2 is 2.11 bits per heavy atom. The summed E-state index contributed by atoms with van der Waals surface area (Å²) in [6.45, 7) is 15.4. The first-order valence-electron chi connectivity index (χ1n) is 7.53. The monoisotopic (exact) mass is 256 g/mol. The van der Waals surface area contributed by atoms with Crippen LogP contribution in [0.4, 0.5) is 0 Å². The van der Waals surface area contributed by atoms with Gasteiger partial charge in [0.2, 0.25) is 0 Å². The fourth-order valence-corrected chi connectivity index (χ4v) is 2.58. The van der Waals surface area contributed by atoms with Gasteiger partial charge in [-0.25, -0.2) is 0 Å². The molecule has 18 heavy (non-hydrogen) atoms. The predicted octanol–water partition coefficient (Wildman–Crippen LogP) is 2.65. The summed E-state index contributed by atoms with van der Waals surface area (Å²) in [4.78, 5) is 2.59. The maximum Gasteiger partial charge on any atom is 0.0702 e. The summed E-state index contributed by atoms with van der Waals surface area (Å²) in [5, 5.41) is 3.57. The molecule has 0 radical (unpaired) electrons. The first-order valence-corrected chi connectivity index (χ1v) is 7.53. The number of nitrogens with one attached hydrogen (secondary N) is 1.